The number of para-hydroxylation sites is 1. The van der Waals surface area contributed by atoms with Crippen molar-refractivity contribution in [1.82, 2.24) is 0 Å². The van der Waals surface area contributed by atoms with Crippen molar-refractivity contribution >= 4 is 17.5 Å². The molecule has 154 valence electrons. The van der Waals surface area contributed by atoms with Crippen molar-refractivity contribution in [2.24, 2.45) is 11.8 Å². The van der Waals surface area contributed by atoms with Gasteiger partial charge in [-0.3, -0.25) is 9.59 Å². The number of hydrogen-bond donors (Lipinski definition) is 1. The van der Waals surface area contributed by atoms with Gasteiger partial charge in [-0.05, 0) is 41.3 Å². The number of aliphatic hydroxyl groups excluding tert-OH is 1. The highest BCUT2D eigenvalue weighted by atomic mass is 19.1. The number of rotatable bonds is 2. The van der Waals surface area contributed by atoms with Crippen LogP contribution in [0, 0.1) is 17.7 Å². The summed E-state index contributed by atoms with van der Waals surface area (Å²) in [5.74, 6) is -3.27. The highest BCUT2D eigenvalue weighted by Gasteiger charge is 2.69. The van der Waals surface area contributed by atoms with E-state index < -0.39 is 41.0 Å². The zero-order chi connectivity index (χ0) is 21.5. The highest BCUT2D eigenvalue weighted by Crippen LogP contribution is 2.65. The summed E-state index contributed by atoms with van der Waals surface area (Å²) < 4.78 is 14.7. The highest BCUT2D eigenvalue weighted by molar-refractivity contribution is 6.23. The maximum atomic E-state index is 14.7. The number of nitrogens with zero attached hydrogens (tertiary/aromatic N) is 1. The fourth-order valence-electron chi connectivity index (χ4n) is 6.41. The van der Waals surface area contributed by atoms with Crippen LogP contribution in [-0.4, -0.2) is 23.0 Å². The number of anilines is 1. The zero-order valence-corrected chi connectivity index (χ0v) is 16.8. The largest absolute Gasteiger partial charge is 0.392 e. The third kappa shape index (κ3) is 2.02. The first kappa shape index (κ1) is 18.5. The van der Waals surface area contributed by atoms with Gasteiger partial charge in [-0.25, -0.2) is 9.29 Å². The smallest absolute Gasteiger partial charge is 0.239 e. The van der Waals surface area contributed by atoms with E-state index in [1.807, 2.05) is 48.5 Å². The molecule has 0 spiro atoms. The van der Waals surface area contributed by atoms with Gasteiger partial charge in [0.1, 0.15) is 5.82 Å². The number of carbonyl (C=O) groups is 2. The summed E-state index contributed by atoms with van der Waals surface area (Å²) >= 11 is 0. The number of aliphatic hydroxyl groups is 1. The number of halogens is 1. The molecular formula is C26H20FNO3. The first-order chi connectivity index (χ1) is 15.0. The van der Waals surface area contributed by atoms with Gasteiger partial charge >= 0.3 is 0 Å². The van der Waals surface area contributed by atoms with E-state index in [9.17, 15) is 19.1 Å². The van der Waals surface area contributed by atoms with Gasteiger partial charge in [0, 0.05) is 5.92 Å². The second kappa shape index (κ2) is 6.11. The predicted octanol–water partition coefficient (Wildman–Crippen LogP) is 3.76. The minimum Gasteiger partial charge on any atom is -0.392 e. The van der Waals surface area contributed by atoms with Crippen LogP contribution in [0.5, 0.6) is 0 Å². The summed E-state index contributed by atoms with van der Waals surface area (Å²) in [5, 5.41) is 11.3. The van der Waals surface area contributed by atoms with Crippen molar-refractivity contribution in [2.75, 3.05) is 4.90 Å². The van der Waals surface area contributed by atoms with Crippen molar-refractivity contribution in [2.45, 2.75) is 24.4 Å². The van der Waals surface area contributed by atoms with E-state index in [0.717, 1.165) is 27.2 Å². The van der Waals surface area contributed by atoms with E-state index in [4.69, 9.17) is 0 Å². The Labute approximate surface area is 178 Å². The summed E-state index contributed by atoms with van der Waals surface area (Å²) in [5.41, 5.74) is 2.58. The molecule has 4 aliphatic rings. The lowest BCUT2D eigenvalue weighted by atomic mass is 9.46. The second-order valence-electron chi connectivity index (χ2n) is 8.66. The molecule has 31 heavy (non-hydrogen) atoms. The first-order valence-corrected chi connectivity index (χ1v) is 10.5. The maximum absolute atomic E-state index is 14.7. The van der Waals surface area contributed by atoms with Gasteiger partial charge < -0.3 is 5.11 Å². The predicted molar refractivity (Wildman–Crippen MR) is 113 cm³/mol. The van der Waals surface area contributed by atoms with E-state index >= 15 is 0 Å². The molecule has 0 saturated carbocycles. The van der Waals surface area contributed by atoms with Crippen molar-refractivity contribution < 1.29 is 19.1 Å². The Kier molecular flexibility index (Phi) is 3.64. The molecule has 5 heteroatoms. The first-order valence-electron chi connectivity index (χ1n) is 10.5. The number of amides is 2. The van der Waals surface area contributed by atoms with Crippen LogP contribution < -0.4 is 4.90 Å². The summed E-state index contributed by atoms with van der Waals surface area (Å²) in [6, 6.07) is 21.3. The van der Waals surface area contributed by atoms with Crippen molar-refractivity contribution in [3.63, 3.8) is 0 Å². The van der Waals surface area contributed by atoms with E-state index in [1.165, 1.54) is 18.2 Å². The van der Waals surface area contributed by atoms with Crippen LogP contribution in [0.2, 0.25) is 0 Å². The van der Waals surface area contributed by atoms with Gasteiger partial charge in [-0.1, -0.05) is 60.7 Å². The van der Waals surface area contributed by atoms with Crippen LogP contribution in [0.3, 0.4) is 0 Å². The quantitative estimate of drug-likeness (QED) is 0.651. The summed E-state index contributed by atoms with van der Waals surface area (Å²) in [6.45, 7) is 1.68. The Balaban J connectivity index is 1.68. The molecule has 0 unspecified atom stereocenters. The minimum atomic E-state index is -1.07. The Morgan fingerprint density at radius 3 is 2.00 bits per heavy atom. The van der Waals surface area contributed by atoms with Gasteiger partial charge in [-0.2, -0.15) is 0 Å². The Morgan fingerprint density at radius 2 is 1.42 bits per heavy atom. The SMILES string of the molecule is C[C@@H](O)C12c3ccccc3C(c3ccccc31)[C@H]1C(=O)N(c3ccccc3F)C(=O)[C@@H]12. The molecule has 1 N–H and O–H groups in total. The molecule has 2 amide bonds. The number of imide groups is 1. The van der Waals surface area contributed by atoms with E-state index in [-0.39, 0.29) is 11.6 Å². The van der Waals surface area contributed by atoms with Crippen LogP contribution in [0.4, 0.5) is 10.1 Å². The number of carbonyl (C=O) groups excluding carboxylic acids is 2. The van der Waals surface area contributed by atoms with E-state index in [1.54, 1.807) is 13.0 Å². The standard InChI is InChI=1S/C26H20FNO3/c1-14(29)26-17-10-4-2-8-15(17)21(16-9-3-5-11-18(16)26)22-23(26)25(31)28(24(22)30)20-13-7-6-12-19(20)27/h2-14,21-23,29H,1H3/t14-,21?,22-,23-,26?/m1/s1. The van der Waals surface area contributed by atoms with Crippen LogP contribution in [0.25, 0.3) is 0 Å². The minimum absolute atomic E-state index is 0.0276. The van der Waals surface area contributed by atoms with Crippen LogP contribution in [0.15, 0.2) is 72.8 Å². The number of benzene rings is 3. The third-order valence-corrected chi connectivity index (χ3v) is 7.44. The molecule has 1 heterocycles. The van der Waals surface area contributed by atoms with Crippen molar-refractivity contribution in [1.29, 1.82) is 0 Å². The van der Waals surface area contributed by atoms with Gasteiger partial charge in [-0.15, -0.1) is 0 Å². The average molecular weight is 413 g/mol. The van der Waals surface area contributed by atoms with E-state index in [0.29, 0.717) is 0 Å². The van der Waals surface area contributed by atoms with Gasteiger partial charge in [0.25, 0.3) is 0 Å². The molecule has 0 aromatic heterocycles. The lowest BCUT2D eigenvalue weighted by Gasteiger charge is -2.55. The molecule has 1 saturated heterocycles. The summed E-state index contributed by atoms with van der Waals surface area (Å²) in [4.78, 5) is 28.6. The topological polar surface area (TPSA) is 57.6 Å². The Bertz CT molecular complexity index is 1220. The molecule has 4 nitrogen and oxygen atoms in total. The lowest BCUT2D eigenvalue weighted by molar-refractivity contribution is -0.126. The molecule has 3 aromatic rings. The van der Waals surface area contributed by atoms with Gasteiger partial charge in [0.15, 0.2) is 0 Å². The zero-order valence-electron chi connectivity index (χ0n) is 16.8. The average Bonchev–Trinajstić information content (AvgIpc) is 3.05. The van der Waals surface area contributed by atoms with Gasteiger partial charge in [0.05, 0.1) is 29.0 Å². The molecule has 2 bridgehead atoms. The molecule has 3 atom stereocenters. The molecule has 3 aliphatic carbocycles. The fourth-order valence-corrected chi connectivity index (χ4v) is 6.41. The molecule has 0 radical (unpaired) electrons. The fraction of sp³-hybridized carbons (Fsp3) is 0.231. The Morgan fingerprint density at radius 1 is 0.871 bits per heavy atom. The van der Waals surface area contributed by atoms with Crippen molar-refractivity contribution in [3.05, 3.63) is 101 Å². The van der Waals surface area contributed by atoms with Crippen LogP contribution in [0.1, 0.15) is 35.1 Å². The van der Waals surface area contributed by atoms with Crippen LogP contribution >= 0.6 is 0 Å². The normalized spacial score (nSPS) is 28.9. The third-order valence-electron chi connectivity index (χ3n) is 7.44. The van der Waals surface area contributed by atoms with Gasteiger partial charge in [0.2, 0.25) is 11.8 Å². The second-order valence-corrected chi connectivity index (χ2v) is 8.66. The maximum Gasteiger partial charge on any atom is 0.239 e. The molecule has 1 fully saturated rings. The summed E-state index contributed by atoms with van der Waals surface area (Å²) in [6.07, 6.45) is -0.930. The van der Waals surface area contributed by atoms with Crippen molar-refractivity contribution in [3.8, 4) is 0 Å². The lowest BCUT2D eigenvalue weighted by Crippen LogP contribution is -2.58. The molecule has 7 rings (SSSR count). The van der Waals surface area contributed by atoms with E-state index in [2.05, 4.69) is 0 Å². The van der Waals surface area contributed by atoms with Crippen LogP contribution in [-0.2, 0) is 15.0 Å². The molecular weight excluding hydrogens is 393 g/mol. The summed E-state index contributed by atoms with van der Waals surface area (Å²) in [7, 11) is 0. The Hall–Kier alpha value is -3.31. The molecule has 3 aromatic carbocycles. The molecule has 1 aliphatic heterocycles. The monoisotopic (exact) mass is 413 g/mol. The number of hydrogen-bond acceptors (Lipinski definition) is 3.